The summed E-state index contributed by atoms with van der Waals surface area (Å²) in [6.07, 6.45) is -0.147. The van der Waals surface area contributed by atoms with Crippen LogP contribution in [0.5, 0.6) is 0 Å². The Kier molecular flexibility index (Phi) is 4.59. The lowest BCUT2D eigenvalue weighted by Gasteiger charge is -2.05. The van der Waals surface area contributed by atoms with Crippen molar-refractivity contribution < 1.29 is 9.90 Å². The van der Waals surface area contributed by atoms with Crippen molar-refractivity contribution in [2.75, 3.05) is 0 Å². The molecule has 28 heavy (non-hydrogen) atoms. The van der Waals surface area contributed by atoms with Crippen molar-refractivity contribution in [1.29, 1.82) is 0 Å². The van der Waals surface area contributed by atoms with Gasteiger partial charge in [-0.25, -0.2) is 4.79 Å². The summed E-state index contributed by atoms with van der Waals surface area (Å²) < 4.78 is 8.76. The van der Waals surface area contributed by atoms with Gasteiger partial charge in [-0.2, -0.15) is 4.37 Å². The summed E-state index contributed by atoms with van der Waals surface area (Å²) in [6.45, 7) is 4.48. The minimum Gasteiger partial charge on any atom is -0.481 e. The molecule has 2 aromatic carbocycles. The van der Waals surface area contributed by atoms with Crippen LogP contribution in [0.4, 0.5) is 0 Å². The number of hydrogen-bond acceptors (Lipinski definition) is 4. The molecule has 0 atom stereocenters. The van der Waals surface area contributed by atoms with Gasteiger partial charge in [0.05, 0.1) is 34.4 Å². The van der Waals surface area contributed by atoms with Gasteiger partial charge in [0, 0.05) is 11.9 Å². The van der Waals surface area contributed by atoms with Gasteiger partial charge in [-0.15, -0.1) is 0 Å². The molecule has 0 amide bonds. The number of aromatic nitrogens is 3. The van der Waals surface area contributed by atoms with Crippen LogP contribution in [0.25, 0.3) is 21.1 Å². The van der Waals surface area contributed by atoms with Crippen LogP contribution in [0.3, 0.4) is 0 Å². The first-order valence-corrected chi connectivity index (χ1v) is 9.69. The van der Waals surface area contributed by atoms with Crippen LogP contribution >= 0.6 is 11.5 Å². The largest absolute Gasteiger partial charge is 0.481 e. The number of fused-ring (bicyclic) bond motifs is 2. The highest BCUT2D eigenvalue weighted by molar-refractivity contribution is 7.13. The highest BCUT2D eigenvalue weighted by atomic mass is 32.1. The van der Waals surface area contributed by atoms with E-state index in [1.54, 1.807) is 16.7 Å². The first-order valence-electron chi connectivity index (χ1n) is 8.91. The number of carbonyl (C=O) groups is 1. The van der Waals surface area contributed by atoms with Gasteiger partial charge in [-0.3, -0.25) is 13.9 Å². The maximum Gasteiger partial charge on any atom is 0.329 e. The first kappa shape index (κ1) is 18.5. The highest BCUT2D eigenvalue weighted by Gasteiger charge is 2.18. The molecule has 0 bridgehead atoms. The Morgan fingerprint density at radius 3 is 2.79 bits per heavy atom. The molecular formula is C20H18BN3O3S. The monoisotopic (exact) mass is 391 g/mol. The lowest BCUT2D eigenvalue weighted by Crippen LogP contribution is -2.26. The molecule has 0 fully saturated rings. The molecule has 0 saturated carbocycles. The molecule has 0 unspecified atom stereocenters. The maximum absolute atomic E-state index is 13.1. The number of carboxylic acids is 1. The molecule has 6 nitrogen and oxygen atoms in total. The molecule has 0 spiro atoms. The molecule has 140 valence electrons. The fourth-order valence-corrected chi connectivity index (χ4v) is 4.72. The molecule has 4 aromatic rings. The second kappa shape index (κ2) is 6.94. The summed E-state index contributed by atoms with van der Waals surface area (Å²) >= 11 is 1.42. The van der Waals surface area contributed by atoms with E-state index in [9.17, 15) is 9.59 Å². The Bertz CT molecular complexity index is 1290. The molecule has 2 heterocycles. The molecule has 0 aliphatic heterocycles. The molecule has 8 heteroatoms. The normalized spacial score (nSPS) is 11.5. The van der Waals surface area contributed by atoms with E-state index in [0.717, 1.165) is 21.3 Å². The van der Waals surface area contributed by atoms with Gasteiger partial charge >= 0.3 is 11.7 Å². The lowest BCUT2D eigenvalue weighted by atomic mass is 9.94. The number of hydrogen-bond donors (Lipinski definition) is 1. The van der Waals surface area contributed by atoms with Gasteiger partial charge in [0.1, 0.15) is 7.85 Å². The molecule has 0 aliphatic carbocycles. The van der Waals surface area contributed by atoms with E-state index in [4.69, 9.17) is 13.0 Å². The van der Waals surface area contributed by atoms with E-state index in [1.807, 2.05) is 13.0 Å². The smallest absolute Gasteiger partial charge is 0.329 e. The zero-order valence-electron chi connectivity index (χ0n) is 15.6. The Morgan fingerprint density at radius 2 is 2.04 bits per heavy atom. The number of aryl methyl sites for hydroxylation is 3. The summed E-state index contributed by atoms with van der Waals surface area (Å²) in [6, 6.07) is 9.55. The van der Waals surface area contributed by atoms with Gasteiger partial charge in [0.25, 0.3) is 0 Å². The maximum atomic E-state index is 13.1. The minimum absolute atomic E-state index is 0.0713. The van der Waals surface area contributed by atoms with Gasteiger partial charge in [0.15, 0.2) is 0 Å². The first-order chi connectivity index (χ1) is 13.4. The van der Waals surface area contributed by atoms with Gasteiger partial charge < -0.3 is 5.11 Å². The summed E-state index contributed by atoms with van der Waals surface area (Å²) in [5, 5.41) is 10.1. The van der Waals surface area contributed by atoms with Crippen molar-refractivity contribution in [2.24, 2.45) is 0 Å². The van der Waals surface area contributed by atoms with Gasteiger partial charge in [-0.05, 0) is 48.6 Å². The number of imidazole rings is 1. The number of benzene rings is 2. The van der Waals surface area contributed by atoms with Gasteiger partial charge in [-0.1, -0.05) is 23.7 Å². The number of nitrogens with zero attached hydrogens (tertiary/aromatic N) is 3. The molecule has 0 saturated heterocycles. The summed E-state index contributed by atoms with van der Waals surface area (Å²) in [5.74, 6) is -0.959. The Balaban J connectivity index is 1.88. The van der Waals surface area contributed by atoms with Crippen LogP contribution in [-0.4, -0.2) is 32.4 Å². The Hall–Kier alpha value is -2.87. The zero-order chi connectivity index (χ0) is 20.0. The third-order valence-corrected chi connectivity index (χ3v) is 5.74. The Morgan fingerprint density at radius 1 is 1.25 bits per heavy atom. The van der Waals surface area contributed by atoms with E-state index in [-0.39, 0.29) is 18.7 Å². The van der Waals surface area contributed by atoms with Crippen molar-refractivity contribution >= 4 is 51.9 Å². The van der Waals surface area contributed by atoms with Crippen LogP contribution in [-0.2, 0) is 17.9 Å². The van der Waals surface area contributed by atoms with Crippen molar-refractivity contribution in [2.45, 2.75) is 33.4 Å². The minimum atomic E-state index is -0.959. The standard InChI is InChI=1S/C20H18BN3O3S/c1-11-8-12(2)18-14(22-28-16(18)9-11)10-24-15-5-3-4-13(21)19(15)23(20(24)27)7-6-17(25)26/h3-5,8-9H,6-7,10H2,1-2H3,(H,25,26). The van der Waals surface area contributed by atoms with Crippen molar-refractivity contribution in [3.63, 3.8) is 0 Å². The van der Waals surface area contributed by atoms with Crippen LogP contribution in [0.15, 0.2) is 35.1 Å². The summed E-state index contributed by atoms with van der Waals surface area (Å²) in [4.78, 5) is 24.1. The highest BCUT2D eigenvalue weighted by Crippen LogP contribution is 2.28. The molecule has 0 aliphatic rings. The van der Waals surface area contributed by atoms with Crippen LogP contribution in [0.1, 0.15) is 23.2 Å². The SMILES string of the molecule is [B]c1cccc2c1n(CCC(=O)O)c(=O)n2Cc1nsc2cc(C)cc(C)c12. The number of carboxylic acid groups (broad SMARTS) is 1. The molecular weight excluding hydrogens is 373 g/mol. The van der Waals surface area contributed by atoms with Gasteiger partial charge in [0.2, 0.25) is 0 Å². The molecule has 2 radical (unpaired) electrons. The Labute approximate surface area is 166 Å². The van der Waals surface area contributed by atoms with E-state index in [2.05, 4.69) is 23.4 Å². The van der Waals surface area contributed by atoms with E-state index in [0.29, 0.717) is 23.0 Å². The fraction of sp³-hybridized carbons (Fsp3) is 0.250. The predicted molar refractivity (Wildman–Crippen MR) is 112 cm³/mol. The van der Waals surface area contributed by atoms with E-state index < -0.39 is 5.97 Å². The average Bonchev–Trinajstić information content (AvgIpc) is 3.14. The third-order valence-electron chi connectivity index (χ3n) is 4.91. The molecule has 4 rings (SSSR count). The molecule has 2 aromatic heterocycles. The number of aliphatic carboxylic acids is 1. The second-order valence-corrected chi connectivity index (χ2v) is 7.77. The topological polar surface area (TPSA) is 77.1 Å². The van der Waals surface area contributed by atoms with Crippen molar-refractivity contribution in [1.82, 2.24) is 13.5 Å². The summed E-state index contributed by atoms with van der Waals surface area (Å²) in [5.41, 5.74) is 4.56. The van der Waals surface area contributed by atoms with Crippen LogP contribution in [0, 0.1) is 13.8 Å². The third kappa shape index (κ3) is 3.03. The van der Waals surface area contributed by atoms with Crippen LogP contribution < -0.4 is 11.2 Å². The lowest BCUT2D eigenvalue weighted by molar-refractivity contribution is -0.137. The van der Waals surface area contributed by atoms with E-state index in [1.165, 1.54) is 21.7 Å². The fourth-order valence-electron chi connectivity index (χ4n) is 3.75. The number of rotatable bonds is 5. The number of para-hydroxylation sites is 1. The summed E-state index contributed by atoms with van der Waals surface area (Å²) in [7, 11) is 6.12. The van der Waals surface area contributed by atoms with Crippen LogP contribution in [0.2, 0.25) is 0 Å². The average molecular weight is 391 g/mol. The molecule has 1 N–H and O–H groups in total. The predicted octanol–water partition coefficient (Wildman–Crippen LogP) is 2.35. The zero-order valence-corrected chi connectivity index (χ0v) is 16.4. The van der Waals surface area contributed by atoms with Crippen molar-refractivity contribution in [3.05, 3.63) is 57.6 Å². The van der Waals surface area contributed by atoms with Crippen molar-refractivity contribution in [3.8, 4) is 0 Å². The van der Waals surface area contributed by atoms with E-state index >= 15 is 0 Å². The quantitative estimate of drug-likeness (QED) is 0.530. The second-order valence-electron chi connectivity index (χ2n) is 6.96.